The standard InChI is InChI=1S/C12H18N4O/c1-2-5-16-11(14-10-15-16)8-12(9-13)3-6-17-7-4-12/h10H,2-8H2,1H3. The molecule has 0 atom stereocenters. The first kappa shape index (κ1) is 12.1. The van der Waals surface area contributed by atoms with Crippen LogP contribution in [0, 0.1) is 16.7 Å². The van der Waals surface area contributed by atoms with Crippen molar-refractivity contribution in [2.75, 3.05) is 13.2 Å². The second-order valence-corrected chi connectivity index (χ2v) is 4.58. The minimum absolute atomic E-state index is 0.309. The molecular weight excluding hydrogens is 216 g/mol. The van der Waals surface area contributed by atoms with Crippen molar-refractivity contribution in [3.05, 3.63) is 12.2 Å². The van der Waals surface area contributed by atoms with E-state index in [-0.39, 0.29) is 5.41 Å². The lowest BCUT2D eigenvalue weighted by atomic mass is 9.78. The molecule has 0 amide bonds. The maximum absolute atomic E-state index is 9.40. The molecule has 0 aromatic carbocycles. The van der Waals surface area contributed by atoms with Gasteiger partial charge in [-0.05, 0) is 19.3 Å². The number of hydrogen-bond acceptors (Lipinski definition) is 4. The van der Waals surface area contributed by atoms with Crippen molar-refractivity contribution >= 4 is 0 Å². The van der Waals surface area contributed by atoms with Gasteiger partial charge in [0, 0.05) is 26.2 Å². The highest BCUT2D eigenvalue weighted by Crippen LogP contribution is 2.32. The van der Waals surface area contributed by atoms with Crippen molar-refractivity contribution in [1.82, 2.24) is 14.8 Å². The highest BCUT2D eigenvalue weighted by atomic mass is 16.5. The number of nitriles is 1. The first-order valence-corrected chi connectivity index (χ1v) is 6.15. The van der Waals surface area contributed by atoms with E-state index in [2.05, 4.69) is 23.1 Å². The van der Waals surface area contributed by atoms with Crippen molar-refractivity contribution in [1.29, 1.82) is 5.26 Å². The zero-order valence-electron chi connectivity index (χ0n) is 10.2. The molecule has 1 aromatic heterocycles. The smallest absolute Gasteiger partial charge is 0.138 e. The topological polar surface area (TPSA) is 63.7 Å². The Hall–Kier alpha value is -1.41. The zero-order chi connectivity index (χ0) is 12.1. The summed E-state index contributed by atoms with van der Waals surface area (Å²) in [5.74, 6) is 0.926. The first-order valence-electron chi connectivity index (χ1n) is 6.15. The van der Waals surface area contributed by atoms with Crippen molar-refractivity contribution in [3.63, 3.8) is 0 Å². The summed E-state index contributed by atoms with van der Waals surface area (Å²) in [6.07, 6.45) is 4.88. The molecule has 0 aliphatic carbocycles. The molecule has 0 N–H and O–H groups in total. The van der Waals surface area contributed by atoms with Gasteiger partial charge in [0.1, 0.15) is 12.2 Å². The molecule has 1 aliphatic heterocycles. The Balaban J connectivity index is 2.12. The molecule has 1 fully saturated rings. The van der Waals surface area contributed by atoms with E-state index in [9.17, 15) is 5.26 Å². The Morgan fingerprint density at radius 1 is 1.53 bits per heavy atom. The molecule has 17 heavy (non-hydrogen) atoms. The summed E-state index contributed by atoms with van der Waals surface area (Å²) >= 11 is 0. The SMILES string of the molecule is CCCn1ncnc1CC1(C#N)CCOCC1. The second kappa shape index (κ2) is 5.28. The fourth-order valence-electron chi connectivity index (χ4n) is 2.22. The summed E-state index contributed by atoms with van der Waals surface area (Å²) in [5, 5.41) is 13.6. The van der Waals surface area contributed by atoms with Crippen molar-refractivity contribution in [2.24, 2.45) is 5.41 Å². The van der Waals surface area contributed by atoms with Gasteiger partial charge in [-0.3, -0.25) is 4.68 Å². The fraction of sp³-hybridized carbons (Fsp3) is 0.750. The Labute approximate surface area is 101 Å². The lowest BCUT2D eigenvalue weighted by molar-refractivity contribution is 0.0394. The molecule has 0 spiro atoms. The van der Waals surface area contributed by atoms with Crippen molar-refractivity contribution < 1.29 is 4.74 Å². The molecule has 5 nitrogen and oxygen atoms in total. The van der Waals surface area contributed by atoms with Gasteiger partial charge in [-0.2, -0.15) is 10.4 Å². The molecule has 0 saturated carbocycles. The summed E-state index contributed by atoms with van der Waals surface area (Å²) in [6.45, 7) is 4.33. The van der Waals surface area contributed by atoms with E-state index in [4.69, 9.17) is 4.74 Å². The van der Waals surface area contributed by atoms with Gasteiger partial charge in [-0.1, -0.05) is 6.92 Å². The van der Waals surface area contributed by atoms with E-state index < -0.39 is 0 Å². The van der Waals surface area contributed by atoms with Crippen LogP contribution in [0.3, 0.4) is 0 Å². The van der Waals surface area contributed by atoms with Crippen molar-refractivity contribution in [3.8, 4) is 6.07 Å². The molecule has 2 rings (SSSR count). The number of nitrogens with zero attached hydrogens (tertiary/aromatic N) is 4. The summed E-state index contributed by atoms with van der Waals surface area (Å²) in [6, 6.07) is 2.46. The van der Waals surface area contributed by atoms with Gasteiger partial charge < -0.3 is 4.74 Å². The number of aromatic nitrogens is 3. The molecule has 92 valence electrons. The van der Waals surface area contributed by atoms with Crippen LogP contribution in [-0.4, -0.2) is 28.0 Å². The molecule has 0 radical (unpaired) electrons. The fourth-order valence-corrected chi connectivity index (χ4v) is 2.22. The van der Waals surface area contributed by atoms with Crippen LogP contribution in [0.15, 0.2) is 6.33 Å². The minimum atomic E-state index is -0.309. The van der Waals surface area contributed by atoms with Crippen LogP contribution >= 0.6 is 0 Å². The highest BCUT2D eigenvalue weighted by Gasteiger charge is 2.34. The van der Waals surface area contributed by atoms with Gasteiger partial charge in [-0.15, -0.1) is 0 Å². The average molecular weight is 234 g/mol. The number of hydrogen-bond donors (Lipinski definition) is 0. The predicted molar refractivity (Wildman–Crippen MR) is 62.1 cm³/mol. The lowest BCUT2D eigenvalue weighted by Gasteiger charge is -2.30. The Morgan fingerprint density at radius 3 is 2.94 bits per heavy atom. The van der Waals surface area contributed by atoms with E-state index >= 15 is 0 Å². The van der Waals surface area contributed by atoms with Crippen LogP contribution in [-0.2, 0) is 17.7 Å². The largest absolute Gasteiger partial charge is 0.381 e. The van der Waals surface area contributed by atoms with E-state index in [1.807, 2.05) is 4.68 Å². The third-order valence-electron chi connectivity index (χ3n) is 3.31. The molecule has 1 aromatic rings. The molecule has 5 heteroatoms. The number of rotatable bonds is 4. The second-order valence-electron chi connectivity index (χ2n) is 4.58. The van der Waals surface area contributed by atoms with Gasteiger partial charge in [0.2, 0.25) is 0 Å². The Morgan fingerprint density at radius 2 is 2.29 bits per heavy atom. The summed E-state index contributed by atoms with van der Waals surface area (Å²) in [5.41, 5.74) is -0.309. The number of ether oxygens (including phenoxy) is 1. The van der Waals surface area contributed by atoms with Gasteiger partial charge in [0.05, 0.1) is 11.5 Å². The van der Waals surface area contributed by atoms with Crippen LogP contribution in [0.2, 0.25) is 0 Å². The average Bonchev–Trinajstić information content (AvgIpc) is 2.78. The maximum atomic E-state index is 9.40. The quantitative estimate of drug-likeness (QED) is 0.793. The monoisotopic (exact) mass is 234 g/mol. The summed E-state index contributed by atoms with van der Waals surface area (Å²) in [4.78, 5) is 4.28. The van der Waals surface area contributed by atoms with Crippen LogP contribution in [0.4, 0.5) is 0 Å². The molecule has 1 aliphatic rings. The molecule has 2 heterocycles. The molecule has 0 bridgehead atoms. The highest BCUT2D eigenvalue weighted by molar-refractivity contribution is 5.06. The van der Waals surface area contributed by atoms with E-state index in [0.717, 1.165) is 31.6 Å². The first-order chi connectivity index (χ1) is 8.29. The third kappa shape index (κ3) is 2.64. The Kier molecular flexibility index (Phi) is 3.75. The zero-order valence-corrected chi connectivity index (χ0v) is 10.2. The van der Waals surface area contributed by atoms with Crippen molar-refractivity contribution in [2.45, 2.75) is 39.2 Å². The van der Waals surface area contributed by atoms with Gasteiger partial charge in [0.15, 0.2) is 0 Å². The minimum Gasteiger partial charge on any atom is -0.381 e. The van der Waals surface area contributed by atoms with E-state index in [1.54, 1.807) is 6.33 Å². The molecular formula is C12H18N4O. The third-order valence-corrected chi connectivity index (χ3v) is 3.31. The molecule has 0 unspecified atom stereocenters. The van der Waals surface area contributed by atoms with Gasteiger partial charge in [-0.25, -0.2) is 4.98 Å². The predicted octanol–water partition coefficient (Wildman–Crippen LogP) is 1.55. The summed E-state index contributed by atoms with van der Waals surface area (Å²) < 4.78 is 7.24. The van der Waals surface area contributed by atoms with E-state index in [0.29, 0.717) is 19.6 Å². The van der Waals surface area contributed by atoms with Gasteiger partial charge >= 0.3 is 0 Å². The van der Waals surface area contributed by atoms with Crippen LogP contribution in [0.25, 0.3) is 0 Å². The summed E-state index contributed by atoms with van der Waals surface area (Å²) in [7, 11) is 0. The lowest BCUT2D eigenvalue weighted by Crippen LogP contribution is -2.31. The van der Waals surface area contributed by atoms with Gasteiger partial charge in [0.25, 0.3) is 0 Å². The van der Waals surface area contributed by atoms with E-state index in [1.165, 1.54) is 0 Å². The maximum Gasteiger partial charge on any atom is 0.138 e. The Bertz CT molecular complexity index is 401. The van der Waals surface area contributed by atoms with Crippen LogP contribution in [0.5, 0.6) is 0 Å². The number of aryl methyl sites for hydroxylation is 1. The van der Waals surface area contributed by atoms with Crippen LogP contribution in [0.1, 0.15) is 32.0 Å². The van der Waals surface area contributed by atoms with Crippen LogP contribution < -0.4 is 0 Å². The normalized spacial score (nSPS) is 18.8. The molecule has 1 saturated heterocycles.